The molecule has 8 heteroatoms. The van der Waals surface area contributed by atoms with Gasteiger partial charge in [-0.3, -0.25) is 14.9 Å². The Morgan fingerprint density at radius 1 is 1.33 bits per heavy atom. The van der Waals surface area contributed by atoms with E-state index in [1.165, 1.54) is 19.2 Å². The number of carbonyl (C=O) groups excluding carboxylic acids is 1. The van der Waals surface area contributed by atoms with Crippen LogP contribution in [-0.2, 0) is 0 Å². The Kier molecular flexibility index (Phi) is 5.85. The third-order valence-electron chi connectivity index (χ3n) is 4.72. The van der Waals surface area contributed by atoms with Gasteiger partial charge in [-0.25, -0.2) is 4.98 Å². The van der Waals surface area contributed by atoms with Crippen LogP contribution in [0, 0.1) is 16.0 Å². The van der Waals surface area contributed by atoms with Crippen molar-refractivity contribution in [1.29, 1.82) is 0 Å². The lowest BCUT2D eigenvalue weighted by Crippen LogP contribution is -2.37. The fourth-order valence-electron chi connectivity index (χ4n) is 3.21. The maximum atomic E-state index is 12.2. The van der Waals surface area contributed by atoms with Gasteiger partial charge in [-0.1, -0.05) is 6.07 Å². The summed E-state index contributed by atoms with van der Waals surface area (Å²) >= 11 is 0. The maximum absolute atomic E-state index is 12.2. The summed E-state index contributed by atoms with van der Waals surface area (Å²) in [6.45, 7) is 2.13. The van der Waals surface area contributed by atoms with Gasteiger partial charge in [-0.15, -0.1) is 0 Å². The van der Waals surface area contributed by atoms with Gasteiger partial charge < -0.3 is 15.0 Å². The third kappa shape index (κ3) is 4.52. The van der Waals surface area contributed by atoms with Crippen LogP contribution in [0.3, 0.4) is 0 Å². The van der Waals surface area contributed by atoms with Crippen molar-refractivity contribution in [2.24, 2.45) is 5.92 Å². The molecule has 1 aliphatic heterocycles. The van der Waals surface area contributed by atoms with Crippen LogP contribution >= 0.6 is 0 Å². The quantitative estimate of drug-likeness (QED) is 0.620. The number of rotatable bonds is 6. The molecule has 0 saturated carbocycles. The number of hydrogen-bond acceptors (Lipinski definition) is 6. The molecular weight excluding hydrogens is 348 g/mol. The van der Waals surface area contributed by atoms with Gasteiger partial charge in [-0.2, -0.15) is 0 Å². The third-order valence-corrected chi connectivity index (χ3v) is 4.72. The highest BCUT2D eigenvalue weighted by Crippen LogP contribution is 2.29. The molecule has 1 aromatic carbocycles. The molecule has 1 fully saturated rings. The minimum absolute atomic E-state index is 0.0870. The normalized spacial score (nSPS) is 14.6. The first-order chi connectivity index (χ1) is 13.1. The second kappa shape index (κ2) is 8.48. The molecule has 27 heavy (non-hydrogen) atoms. The predicted octanol–water partition coefficient (Wildman–Crippen LogP) is 2.64. The molecule has 0 atom stereocenters. The standard InChI is InChI=1S/C19H22N4O4/c1-20-19(24)16-12-15(23(25)26)5-6-17(16)22-10-7-14(8-11-22)13-27-18-4-2-3-9-21-18/h2-6,9,12,14H,7-8,10-11,13H2,1H3,(H,20,24). The lowest BCUT2D eigenvalue weighted by Gasteiger charge is -2.34. The van der Waals surface area contributed by atoms with E-state index in [0.717, 1.165) is 31.6 Å². The number of nitrogens with zero attached hydrogens (tertiary/aromatic N) is 3. The monoisotopic (exact) mass is 370 g/mol. The number of hydrogen-bond donors (Lipinski definition) is 1. The molecular formula is C19H22N4O4. The number of ether oxygens (including phenoxy) is 1. The van der Waals surface area contributed by atoms with Crippen LogP contribution in [-0.4, -0.2) is 42.6 Å². The number of non-ortho nitro benzene ring substituents is 1. The van der Waals surface area contributed by atoms with Crippen molar-refractivity contribution >= 4 is 17.3 Å². The summed E-state index contributed by atoms with van der Waals surface area (Å²) in [5, 5.41) is 13.6. The van der Waals surface area contributed by atoms with Gasteiger partial charge >= 0.3 is 0 Å². The number of nitrogens with one attached hydrogen (secondary N) is 1. The van der Waals surface area contributed by atoms with E-state index in [-0.39, 0.29) is 11.6 Å². The highest BCUT2D eigenvalue weighted by Gasteiger charge is 2.25. The number of benzene rings is 1. The Bertz CT molecular complexity index is 805. The zero-order chi connectivity index (χ0) is 19.2. The van der Waals surface area contributed by atoms with Gasteiger partial charge in [0.25, 0.3) is 11.6 Å². The first-order valence-electron chi connectivity index (χ1n) is 8.88. The molecule has 8 nitrogen and oxygen atoms in total. The Labute approximate surface area is 157 Å². The van der Waals surface area contributed by atoms with Crippen LogP contribution in [0.2, 0.25) is 0 Å². The highest BCUT2D eigenvalue weighted by atomic mass is 16.6. The molecule has 1 amide bonds. The smallest absolute Gasteiger partial charge is 0.270 e. The van der Waals surface area contributed by atoms with Crippen molar-refractivity contribution in [3.05, 3.63) is 58.3 Å². The van der Waals surface area contributed by atoms with Crippen LogP contribution in [0.4, 0.5) is 11.4 Å². The van der Waals surface area contributed by atoms with E-state index in [1.807, 2.05) is 18.2 Å². The number of piperidine rings is 1. The zero-order valence-electron chi connectivity index (χ0n) is 15.1. The zero-order valence-corrected chi connectivity index (χ0v) is 15.1. The lowest BCUT2D eigenvalue weighted by molar-refractivity contribution is -0.384. The minimum Gasteiger partial charge on any atom is -0.477 e. The van der Waals surface area contributed by atoms with Gasteiger partial charge in [0.15, 0.2) is 0 Å². The SMILES string of the molecule is CNC(=O)c1cc([N+](=O)[O-])ccc1N1CCC(COc2ccccn2)CC1. The first kappa shape index (κ1) is 18.6. The van der Waals surface area contributed by atoms with E-state index < -0.39 is 4.92 Å². The molecule has 0 unspecified atom stereocenters. The van der Waals surface area contributed by atoms with Gasteiger partial charge in [0.2, 0.25) is 5.88 Å². The number of pyridine rings is 1. The summed E-state index contributed by atoms with van der Waals surface area (Å²) in [5.41, 5.74) is 0.968. The Morgan fingerprint density at radius 2 is 2.11 bits per heavy atom. The summed E-state index contributed by atoms with van der Waals surface area (Å²) in [7, 11) is 1.52. The van der Waals surface area contributed by atoms with Crippen molar-refractivity contribution in [1.82, 2.24) is 10.3 Å². The number of nitro benzene ring substituents is 1. The average Bonchev–Trinajstić information content (AvgIpc) is 2.72. The van der Waals surface area contributed by atoms with E-state index in [9.17, 15) is 14.9 Å². The predicted molar refractivity (Wildman–Crippen MR) is 101 cm³/mol. The summed E-state index contributed by atoms with van der Waals surface area (Å²) in [6.07, 6.45) is 3.53. The summed E-state index contributed by atoms with van der Waals surface area (Å²) < 4.78 is 5.74. The van der Waals surface area contributed by atoms with Crippen molar-refractivity contribution in [2.45, 2.75) is 12.8 Å². The molecule has 142 valence electrons. The number of amides is 1. The van der Waals surface area contributed by atoms with Crippen molar-refractivity contribution in [3.63, 3.8) is 0 Å². The molecule has 1 aromatic heterocycles. The van der Waals surface area contributed by atoms with E-state index in [2.05, 4.69) is 15.2 Å². The molecule has 1 aliphatic rings. The van der Waals surface area contributed by atoms with E-state index in [1.54, 1.807) is 12.3 Å². The van der Waals surface area contributed by atoms with Crippen LogP contribution in [0.25, 0.3) is 0 Å². The molecule has 1 N–H and O–H groups in total. The number of carbonyl (C=O) groups is 1. The van der Waals surface area contributed by atoms with E-state index in [0.29, 0.717) is 24.0 Å². The average molecular weight is 370 g/mol. The summed E-state index contributed by atoms with van der Waals surface area (Å²) in [6, 6.07) is 10.0. The van der Waals surface area contributed by atoms with Gasteiger partial charge in [0.05, 0.1) is 22.8 Å². The van der Waals surface area contributed by atoms with Crippen molar-refractivity contribution < 1.29 is 14.5 Å². The Balaban J connectivity index is 1.65. The second-order valence-electron chi connectivity index (χ2n) is 6.45. The molecule has 0 radical (unpaired) electrons. The van der Waals surface area contributed by atoms with Crippen LogP contribution in [0.1, 0.15) is 23.2 Å². The molecule has 2 heterocycles. The fourth-order valence-corrected chi connectivity index (χ4v) is 3.21. The number of aromatic nitrogens is 1. The molecule has 1 saturated heterocycles. The van der Waals surface area contributed by atoms with Crippen molar-refractivity contribution in [2.75, 3.05) is 31.6 Å². The largest absolute Gasteiger partial charge is 0.477 e. The highest BCUT2D eigenvalue weighted by molar-refractivity contribution is 6.00. The molecule has 0 aliphatic carbocycles. The van der Waals surface area contributed by atoms with E-state index in [4.69, 9.17) is 4.74 Å². The Hall–Kier alpha value is -3.16. The van der Waals surface area contributed by atoms with Crippen LogP contribution in [0.15, 0.2) is 42.6 Å². The van der Waals surface area contributed by atoms with Gasteiger partial charge in [0.1, 0.15) is 0 Å². The molecule has 0 bridgehead atoms. The molecule has 2 aromatic rings. The fraction of sp³-hybridized carbons (Fsp3) is 0.368. The summed E-state index contributed by atoms with van der Waals surface area (Å²) in [4.78, 5) is 29.0. The summed E-state index contributed by atoms with van der Waals surface area (Å²) in [5.74, 6) is 0.705. The molecule has 3 rings (SSSR count). The number of anilines is 1. The van der Waals surface area contributed by atoms with E-state index >= 15 is 0 Å². The maximum Gasteiger partial charge on any atom is 0.270 e. The van der Waals surface area contributed by atoms with Crippen molar-refractivity contribution in [3.8, 4) is 5.88 Å². The molecule has 0 spiro atoms. The topological polar surface area (TPSA) is 97.6 Å². The second-order valence-corrected chi connectivity index (χ2v) is 6.45. The first-order valence-corrected chi connectivity index (χ1v) is 8.88. The Morgan fingerprint density at radius 3 is 2.74 bits per heavy atom. The van der Waals surface area contributed by atoms with Crippen LogP contribution in [0.5, 0.6) is 5.88 Å². The van der Waals surface area contributed by atoms with Gasteiger partial charge in [0, 0.05) is 44.5 Å². The lowest BCUT2D eigenvalue weighted by atomic mass is 9.96. The van der Waals surface area contributed by atoms with Gasteiger partial charge in [-0.05, 0) is 30.9 Å². The minimum atomic E-state index is -0.489. The number of nitro groups is 1. The van der Waals surface area contributed by atoms with Crippen LogP contribution < -0.4 is 15.0 Å².